The molecule has 0 radical (unpaired) electrons. The van der Waals surface area contributed by atoms with Gasteiger partial charge in [0.2, 0.25) is 5.91 Å². The van der Waals surface area contributed by atoms with Gasteiger partial charge in [0.15, 0.2) is 0 Å². The maximum Gasteiger partial charge on any atom is 0.326 e. The molecule has 0 bridgehead atoms. The van der Waals surface area contributed by atoms with Crippen molar-refractivity contribution in [1.29, 1.82) is 0 Å². The Labute approximate surface area is 58.2 Å². The van der Waals surface area contributed by atoms with Gasteiger partial charge in [-0.05, 0) is 6.42 Å². The van der Waals surface area contributed by atoms with Crippen LogP contribution in [0.15, 0.2) is 0 Å². The minimum atomic E-state index is -0.947. The maximum atomic E-state index is 10.7. The molecule has 1 aliphatic rings. The number of amides is 1. The van der Waals surface area contributed by atoms with Crippen LogP contribution in [-0.2, 0) is 9.59 Å². The van der Waals surface area contributed by atoms with E-state index in [2.05, 4.69) is 5.32 Å². The number of nitrogens with one attached hydrogen (secondary N) is 1. The molecule has 0 aromatic heterocycles. The molecular formula is C6H9NO3. The largest absolute Gasteiger partial charge is 0.480 e. The highest BCUT2D eigenvalue weighted by molar-refractivity contribution is 5.88. The van der Waals surface area contributed by atoms with Crippen molar-refractivity contribution in [3.8, 4) is 0 Å². The normalized spacial score (nSPS) is 31.9. The molecule has 0 unspecified atom stereocenters. The van der Waals surface area contributed by atoms with Crippen LogP contribution >= 0.6 is 0 Å². The molecule has 1 saturated heterocycles. The van der Waals surface area contributed by atoms with Gasteiger partial charge in [-0.2, -0.15) is 0 Å². The van der Waals surface area contributed by atoms with E-state index < -0.39 is 12.0 Å². The first kappa shape index (κ1) is 7.05. The molecule has 10 heavy (non-hydrogen) atoms. The molecule has 0 aliphatic carbocycles. The summed E-state index contributed by atoms with van der Waals surface area (Å²) in [6, 6.07) is -0.664. The molecular weight excluding hydrogens is 134 g/mol. The highest BCUT2D eigenvalue weighted by Gasteiger charge is 2.32. The second-order valence-electron chi connectivity index (χ2n) is 2.54. The quantitative estimate of drug-likeness (QED) is 0.524. The zero-order valence-corrected chi connectivity index (χ0v) is 5.63. The van der Waals surface area contributed by atoms with Crippen LogP contribution in [0.1, 0.15) is 13.3 Å². The molecule has 1 amide bonds. The lowest BCUT2D eigenvalue weighted by Gasteiger charge is -1.99. The van der Waals surface area contributed by atoms with Crippen molar-refractivity contribution >= 4 is 11.9 Å². The highest BCUT2D eigenvalue weighted by Crippen LogP contribution is 2.13. The van der Waals surface area contributed by atoms with Crippen LogP contribution in [0.2, 0.25) is 0 Å². The fourth-order valence-electron chi connectivity index (χ4n) is 0.996. The molecule has 1 fully saturated rings. The summed E-state index contributed by atoms with van der Waals surface area (Å²) in [5.41, 5.74) is 0. The zero-order valence-electron chi connectivity index (χ0n) is 5.63. The maximum absolute atomic E-state index is 10.7. The van der Waals surface area contributed by atoms with Gasteiger partial charge in [0, 0.05) is 5.92 Å². The summed E-state index contributed by atoms with van der Waals surface area (Å²) in [6.07, 6.45) is 0.411. The smallest absolute Gasteiger partial charge is 0.326 e. The third-order valence-electron chi connectivity index (χ3n) is 1.65. The van der Waals surface area contributed by atoms with Gasteiger partial charge in [0.1, 0.15) is 6.04 Å². The highest BCUT2D eigenvalue weighted by atomic mass is 16.4. The first-order valence-electron chi connectivity index (χ1n) is 3.14. The Kier molecular flexibility index (Phi) is 1.61. The van der Waals surface area contributed by atoms with E-state index >= 15 is 0 Å². The van der Waals surface area contributed by atoms with Crippen LogP contribution < -0.4 is 5.32 Å². The number of carboxylic acids is 1. The number of carboxylic acid groups (broad SMARTS) is 1. The number of carbonyl (C=O) groups is 2. The van der Waals surface area contributed by atoms with Gasteiger partial charge in [-0.15, -0.1) is 0 Å². The van der Waals surface area contributed by atoms with E-state index in [1.165, 1.54) is 0 Å². The summed E-state index contributed by atoms with van der Waals surface area (Å²) in [5.74, 6) is -1.26. The average molecular weight is 143 g/mol. The number of carbonyl (C=O) groups excluding carboxylic acids is 1. The summed E-state index contributed by atoms with van der Waals surface area (Å²) in [7, 11) is 0. The lowest BCUT2D eigenvalue weighted by molar-refractivity contribution is -0.140. The SMILES string of the molecule is C[C@H]1C[C@H](C(=O)O)NC1=O. The second kappa shape index (κ2) is 2.28. The summed E-state index contributed by atoms with van der Waals surface area (Å²) in [6.45, 7) is 1.72. The van der Waals surface area contributed by atoms with Crippen LogP contribution in [0, 0.1) is 5.92 Å². The van der Waals surface area contributed by atoms with Gasteiger partial charge < -0.3 is 10.4 Å². The average Bonchev–Trinajstić information content (AvgIpc) is 2.13. The molecule has 1 aliphatic heterocycles. The van der Waals surface area contributed by atoms with Crippen molar-refractivity contribution in [1.82, 2.24) is 5.32 Å². The van der Waals surface area contributed by atoms with Gasteiger partial charge in [0.05, 0.1) is 0 Å². The first-order valence-corrected chi connectivity index (χ1v) is 3.14. The fourth-order valence-corrected chi connectivity index (χ4v) is 0.996. The predicted molar refractivity (Wildman–Crippen MR) is 33.3 cm³/mol. The van der Waals surface area contributed by atoms with Crippen molar-refractivity contribution in [2.75, 3.05) is 0 Å². The Morgan fingerprint density at radius 3 is 2.60 bits per heavy atom. The molecule has 4 heteroatoms. The number of hydrogen-bond donors (Lipinski definition) is 2. The van der Waals surface area contributed by atoms with E-state index in [0.717, 1.165) is 0 Å². The number of hydrogen-bond acceptors (Lipinski definition) is 2. The van der Waals surface area contributed by atoms with E-state index in [1.807, 2.05) is 0 Å². The summed E-state index contributed by atoms with van der Waals surface area (Å²) in [5, 5.41) is 10.8. The Morgan fingerprint density at radius 1 is 1.80 bits per heavy atom. The molecule has 2 atom stereocenters. The van der Waals surface area contributed by atoms with E-state index in [1.54, 1.807) is 6.92 Å². The molecule has 0 saturated carbocycles. The minimum absolute atomic E-state index is 0.152. The lowest BCUT2D eigenvalue weighted by Crippen LogP contribution is -2.32. The summed E-state index contributed by atoms with van der Waals surface area (Å²) in [4.78, 5) is 21.0. The van der Waals surface area contributed by atoms with Crippen LogP contribution in [0.3, 0.4) is 0 Å². The van der Waals surface area contributed by atoms with Crippen molar-refractivity contribution in [3.63, 3.8) is 0 Å². The van der Waals surface area contributed by atoms with Crippen molar-refractivity contribution < 1.29 is 14.7 Å². The van der Waals surface area contributed by atoms with Crippen LogP contribution in [0.25, 0.3) is 0 Å². The minimum Gasteiger partial charge on any atom is -0.480 e. The molecule has 4 nitrogen and oxygen atoms in total. The van der Waals surface area contributed by atoms with Crippen LogP contribution in [0.4, 0.5) is 0 Å². The van der Waals surface area contributed by atoms with Crippen LogP contribution in [-0.4, -0.2) is 23.0 Å². The topological polar surface area (TPSA) is 66.4 Å². The molecule has 56 valence electrons. The predicted octanol–water partition coefficient (Wildman–Crippen LogP) is -0.404. The van der Waals surface area contributed by atoms with Crippen molar-refractivity contribution in [3.05, 3.63) is 0 Å². The monoisotopic (exact) mass is 143 g/mol. The third kappa shape index (κ3) is 1.10. The summed E-state index contributed by atoms with van der Waals surface area (Å²) >= 11 is 0. The second-order valence-corrected chi connectivity index (χ2v) is 2.54. The Balaban J connectivity index is 2.57. The summed E-state index contributed by atoms with van der Waals surface area (Å²) < 4.78 is 0. The van der Waals surface area contributed by atoms with E-state index in [-0.39, 0.29) is 11.8 Å². The van der Waals surface area contributed by atoms with Gasteiger partial charge in [-0.3, -0.25) is 4.79 Å². The Bertz CT molecular complexity index is 178. The van der Waals surface area contributed by atoms with Gasteiger partial charge in [-0.25, -0.2) is 4.79 Å². The third-order valence-corrected chi connectivity index (χ3v) is 1.65. The van der Waals surface area contributed by atoms with Gasteiger partial charge in [-0.1, -0.05) is 6.92 Å². The van der Waals surface area contributed by atoms with Gasteiger partial charge >= 0.3 is 5.97 Å². The number of rotatable bonds is 1. The Morgan fingerprint density at radius 2 is 2.40 bits per heavy atom. The molecule has 1 heterocycles. The molecule has 0 aromatic carbocycles. The van der Waals surface area contributed by atoms with E-state index in [0.29, 0.717) is 6.42 Å². The van der Waals surface area contributed by atoms with E-state index in [9.17, 15) is 9.59 Å². The molecule has 2 N–H and O–H groups in total. The standard InChI is InChI=1S/C6H9NO3/c1-3-2-4(6(9)10)7-5(3)8/h3-4H,2H2,1H3,(H,7,8)(H,9,10)/t3-,4+/m0/s1. The van der Waals surface area contributed by atoms with Crippen molar-refractivity contribution in [2.45, 2.75) is 19.4 Å². The molecule has 1 rings (SSSR count). The van der Waals surface area contributed by atoms with E-state index in [4.69, 9.17) is 5.11 Å². The zero-order chi connectivity index (χ0) is 7.72. The molecule has 0 spiro atoms. The van der Waals surface area contributed by atoms with Gasteiger partial charge in [0.25, 0.3) is 0 Å². The molecule has 0 aromatic rings. The fraction of sp³-hybridized carbons (Fsp3) is 0.667. The Hall–Kier alpha value is -1.06. The first-order chi connectivity index (χ1) is 4.61. The van der Waals surface area contributed by atoms with Crippen LogP contribution in [0.5, 0.6) is 0 Å². The lowest BCUT2D eigenvalue weighted by atomic mass is 10.1. The number of aliphatic carboxylic acids is 1. The van der Waals surface area contributed by atoms with Crippen molar-refractivity contribution in [2.24, 2.45) is 5.92 Å².